The van der Waals surface area contributed by atoms with E-state index < -0.39 is 0 Å². The molecule has 0 spiro atoms. The van der Waals surface area contributed by atoms with Crippen LogP contribution < -0.4 is 0 Å². The van der Waals surface area contributed by atoms with Crippen LogP contribution in [0.1, 0.15) is 16.0 Å². The normalized spacial score (nSPS) is 12.8. The van der Waals surface area contributed by atoms with E-state index in [4.69, 9.17) is 23.2 Å². The number of hydrogen-bond acceptors (Lipinski definition) is 1. The first-order valence-corrected chi connectivity index (χ1v) is 8.59. The zero-order valence-corrected chi connectivity index (χ0v) is 15.3. The molecule has 6 heteroatoms. The SMILES string of the molecule is Clc1cc(Cl)cc(C(Br)c2cc(Br)sc2Br)c1. The molecule has 0 fully saturated rings. The predicted molar refractivity (Wildman–Crippen MR) is 87.0 cm³/mol. The summed E-state index contributed by atoms with van der Waals surface area (Å²) in [5.74, 6) is 0. The average molecular weight is 480 g/mol. The molecule has 1 heterocycles. The predicted octanol–water partition coefficient (Wildman–Crippen LogP) is 7.06. The number of alkyl halides is 1. The highest BCUT2D eigenvalue weighted by molar-refractivity contribution is 9.12. The second-order valence-corrected chi connectivity index (χ2v) is 8.88. The van der Waals surface area contributed by atoms with Crippen LogP contribution in [0.15, 0.2) is 31.8 Å². The van der Waals surface area contributed by atoms with Gasteiger partial charge in [0.2, 0.25) is 0 Å². The van der Waals surface area contributed by atoms with Gasteiger partial charge in [-0.25, -0.2) is 0 Å². The molecule has 0 amide bonds. The summed E-state index contributed by atoms with van der Waals surface area (Å²) in [5.41, 5.74) is 2.19. The Hall–Kier alpha value is 0.940. The third-order valence-corrected chi connectivity index (χ3v) is 5.98. The Morgan fingerprint density at radius 1 is 1.00 bits per heavy atom. The molecular weight excluding hydrogens is 475 g/mol. The van der Waals surface area contributed by atoms with Gasteiger partial charge in [-0.05, 0) is 67.3 Å². The maximum Gasteiger partial charge on any atom is 0.0757 e. The Morgan fingerprint density at radius 3 is 2.06 bits per heavy atom. The fraction of sp³-hybridized carbons (Fsp3) is 0.0909. The average Bonchev–Trinajstić information content (AvgIpc) is 2.55. The van der Waals surface area contributed by atoms with Gasteiger partial charge in [0.25, 0.3) is 0 Å². The van der Waals surface area contributed by atoms with E-state index in [2.05, 4.69) is 53.9 Å². The summed E-state index contributed by atoms with van der Waals surface area (Å²) in [7, 11) is 0. The Labute approximate surface area is 139 Å². The summed E-state index contributed by atoms with van der Waals surface area (Å²) < 4.78 is 2.17. The summed E-state index contributed by atoms with van der Waals surface area (Å²) >= 11 is 24.3. The van der Waals surface area contributed by atoms with Crippen LogP contribution in [0.2, 0.25) is 10.0 Å². The molecule has 2 aromatic rings. The van der Waals surface area contributed by atoms with Crippen LogP contribution >= 0.6 is 82.3 Å². The van der Waals surface area contributed by atoms with E-state index in [1.807, 2.05) is 12.1 Å². The van der Waals surface area contributed by atoms with Crippen LogP contribution in [0.25, 0.3) is 0 Å². The van der Waals surface area contributed by atoms with Crippen molar-refractivity contribution in [2.45, 2.75) is 4.83 Å². The largest absolute Gasteiger partial charge is 0.121 e. The van der Waals surface area contributed by atoms with Crippen LogP contribution in [0, 0.1) is 0 Å². The summed E-state index contributed by atoms with van der Waals surface area (Å²) in [6, 6.07) is 7.61. The molecule has 1 aromatic carbocycles. The fourth-order valence-corrected chi connectivity index (χ4v) is 5.96. The van der Waals surface area contributed by atoms with Gasteiger partial charge < -0.3 is 0 Å². The molecule has 0 N–H and O–H groups in total. The number of halogens is 5. The second kappa shape index (κ2) is 5.93. The summed E-state index contributed by atoms with van der Waals surface area (Å²) in [4.78, 5) is 0.0654. The molecule has 1 aromatic heterocycles. The molecule has 1 unspecified atom stereocenters. The fourth-order valence-electron chi connectivity index (χ4n) is 1.43. The van der Waals surface area contributed by atoms with Gasteiger partial charge in [0.15, 0.2) is 0 Å². The lowest BCUT2D eigenvalue weighted by atomic mass is 10.1. The van der Waals surface area contributed by atoms with E-state index in [9.17, 15) is 0 Å². The molecule has 1 atom stereocenters. The zero-order valence-electron chi connectivity index (χ0n) is 8.18. The number of rotatable bonds is 2. The molecule has 0 nitrogen and oxygen atoms in total. The highest BCUT2D eigenvalue weighted by Crippen LogP contribution is 2.42. The molecule has 0 aliphatic carbocycles. The minimum absolute atomic E-state index is 0.0654. The zero-order chi connectivity index (χ0) is 12.6. The molecule has 0 saturated heterocycles. The second-order valence-electron chi connectivity index (χ2n) is 3.34. The highest BCUT2D eigenvalue weighted by atomic mass is 79.9. The molecular formula is C11H5Br3Cl2S. The highest BCUT2D eigenvalue weighted by Gasteiger charge is 2.17. The van der Waals surface area contributed by atoms with E-state index in [0.717, 1.165) is 18.7 Å². The first-order chi connectivity index (χ1) is 7.97. The summed E-state index contributed by atoms with van der Waals surface area (Å²) in [6.45, 7) is 0. The first-order valence-electron chi connectivity index (χ1n) is 4.52. The lowest BCUT2D eigenvalue weighted by Crippen LogP contribution is -1.91. The minimum atomic E-state index is 0.0654. The standard InChI is InChI=1S/C11H5Br3Cl2S/c12-9-4-8(11(14)17-9)10(13)5-1-6(15)3-7(16)2-5/h1-4,10H. The molecule has 0 aliphatic heterocycles. The van der Waals surface area contributed by atoms with Crippen molar-refractivity contribution in [3.8, 4) is 0 Å². The lowest BCUT2D eigenvalue weighted by molar-refractivity contribution is 1.18. The van der Waals surface area contributed by atoms with Crippen molar-refractivity contribution in [1.82, 2.24) is 0 Å². The number of benzene rings is 1. The van der Waals surface area contributed by atoms with Crippen molar-refractivity contribution < 1.29 is 0 Å². The summed E-state index contributed by atoms with van der Waals surface area (Å²) in [5, 5.41) is 1.28. The van der Waals surface area contributed by atoms with Crippen molar-refractivity contribution >= 4 is 82.3 Å². The van der Waals surface area contributed by atoms with E-state index in [1.165, 1.54) is 0 Å². The van der Waals surface area contributed by atoms with Crippen molar-refractivity contribution in [3.63, 3.8) is 0 Å². The van der Waals surface area contributed by atoms with E-state index in [1.54, 1.807) is 17.4 Å². The van der Waals surface area contributed by atoms with Crippen LogP contribution in [0.5, 0.6) is 0 Å². The minimum Gasteiger partial charge on any atom is -0.121 e. The maximum absolute atomic E-state index is 6.00. The molecule has 90 valence electrons. The van der Waals surface area contributed by atoms with E-state index in [-0.39, 0.29) is 4.83 Å². The Morgan fingerprint density at radius 2 is 1.59 bits per heavy atom. The third kappa shape index (κ3) is 3.48. The smallest absolute Gasteiger partial charge is 0.0757 e. The van der Waals surface area contributed by atoms with Gasteiger partial charge in [0.05, 0.1) is 12.4 Å². The van der Waals surface area contributed by atoms with Crippen LogP contribution in [-0.2, 0) is 0 Å². The molecule has 0 bridgehead atoms. The monoisotopic (exact) mass is 476 g/mol. The first kappa shape index (κ1) is 14.4. The number of hydrogen-bond donors (Lipinski definition) is 0. The van der Waals surface area contributed by atoms with Gasteiger partial charge in [-0.2, -0.15) is 0 Å². The van der Waals surface area contributed by atoms with Gasteiger partial charge in [-0.1, -0.05) is 39.1 Å². The Bertz CT molecular complexity index is 533. The topological polar surface area (TPSA) is 0 Å². The van der Waals surface area contributed by atoms with E-state index in [0.29, 0.717) is 10.0 Å². The van der Waals surface area contributed by atoms with E-state index >= 15 is 0 Å². The quantitative estimate of drug-likeness (QED) is 0.404. The Balaban J connectivity index is 2.43. The molecule has 0 saturated carbocycles. The van der Waals surface area contributed by atoms with Crippen LogP contribution in [-0.4, -0.2) is 0 Å². The van der Waals surface area contributed by atoms with Crippen molar-refractivity contribution in [3.05, 3.63) is 53.0 Å². The molecule has 0 aliphatic rings. The maximum atomic E-state index is 6.00. The molecule has 2 rings (SSSR count). The van der Waals surface area contributed by atoms with Gasteiger partial charge in [0, 0.05) is 10.0 Å². The third-order valence-electron chi connectivity index (χ3n) is 2.13. The Kier molecular flexibility index (Phi) is 5.01. The van der Waals surface area contributed by atoms with Gasteiger partial charge >= 0.3 is 0 Å². The van der Waals surface area contributed by atoms with Crippen molar-refractivity contribution in [2.75, 3.05) is 0 Å². The van der Waals surface area contributed by atoms with Crippen molar-refractivity contribution in [2.24, 2.45) is 0 Å². The number of thiophene rings is 1. The van der Waals surface area contributed by atoms with Crippen molar-refractivity contribution in [1.29, 1.82) is 0 Å². The summed E-state index contributed by atoms with van der Waals surface area (Å²) in [6.07, 6.45) is 0. The van der Waals surface area contributed by atoms with Gasteiger partial charge in [-0.3, -0.25) is 0 Å². The van der Waals surface area contributed by atoms with Crippen LogP contribution in [0.3, 0.4) is 0 Å². The van der Waals surface area contributed by atoms with Gasteiger partial charge in [-0.15, -0.1) is 11.3 Å². The van der Waals surface area contributed by atoms with Crippen LogP contribution in [0.4, 0.5) is 0 Å². The molecule has 17 heavy (non-hydrogen) atoms. The molecule has 0 radical (unpaired) electrons. The lowest BCUT2D eigenvalue weighted by Gasteiger charge is -2.10. The van der Waals surface area contributed by atoms with Gasteiger partial charge in [0.1, 0.15) is 0 Å².